The number of hydrogen-bond donors (Lipinski definition) is 0. The third-order valence-corrected chi connectivity index (χ3v) is 2.34. The molecule has 0 saturated carbocycles. The van der Waals surface area contributed by atoms with E-state index in [4.69, 9.17) is 4.74 Å². The third-order valence-electron chi connectivity index (χ3n) is 2.34. The lowest BCUT2D eigenvalue weighted by Gasteiger charge is -2.12. The number of nitro groups is 1. The molecule has 0 N–H and O–H groups in total. The summed E-state index contributed by atoms with van der Waals surface area (Å²) in [5, 5.41) is 10.6. The Morgan fingerprint density at radius 1 is 1.50 bits per heavy atom. The van der Waals surface area contributed by atoms with E-state index >= 15 is 0 Å². The van der Waals surface area contributed by atoms with Crippen LogP contribution in [0.15, 0.2) is 18.2 Å². The molecule has 4 heteroatoms. The molecule has 0 aromatic heterocycles. The van der Waals surface area contributed by atoms with Crippen molar-refractivity contribution in [1.82, 2.24) is 0 Å². The van der Waals surface area contributed by atoms with Crippen LogP contribution in [-0.2, 0) is 4.74 Å². The molecule has 0 heterocycles. The predicted molar refractivity (Wildman–Crippen MR) is 53.3 cm³/mol. The largest absolute Gasteiger partial charge is 0.377 e. The van der Waals surface area contributed by atoms with Crippen molar-refractivity contribution in [3.8, 4) is 0 Å². The fourth-order valence-electron chi connectivity index (χ4n) is 1.41. The van der Waals surface area contributed by atoms with E-state index in [9.17, 15) is 10.1 Å². The number of nitro benzene ring substituents is 1. The van der Waals surface area contributed by atoms with Crippen molar-refractivity contribution in [2.75, 3.05) is 7.11 Å². The Bertz CT molecular complexity index is 349. The molecule has 0 aliphatic heterocycles. The fraction of sp³-hybridized carbons (Fsp3) is 0.400. The summed E-state index contributed by atoms with van der Waals surface area (Å²) in [6, 6.07) is 5.02. The zero-order chi connectivity index (χ0) is 10.7. The molecule has 14 heavy (non-hydrogen) atoms. The van der Waals surface area contributed by atoms with Crippen LogP contribution in [0.5, 0.6) is 0 Å². The van der Waals surface area contributed by atoms with Crippen molar-refractivity contribution in [3.63, 3.8) is 0 Å². The molecule has 0 fully saturated rings. The molecule has 0 saturated heterocycles. The van der Waals surface area contributed by atoms with Crippen LogP contribution >= 0.6 is 0 Å². The Labute approximate surface area is 82.7 Å². The molecule has 1 rings (SSSR count). The second-order valence-electron chi connectivity index (χ2n) is 3.13. The minimum absolute atomic E-state index is 0.116. The Kier molecular flexibility index (Phi) is 3.19. The zero-order valence-electron chi connectivity index (χ0n) is 8.48. The summed E-state index contributed by atoms with van der Waals surface area (Å²) in [5.41, 5.74) is 1.68. The highest BCUT2D eigenvalue weighted by Gasteiger charge is 2.16. The minimum atomic E-state index is -0.374. The standard InChI is InChI=1S/C10H13NO3/c1-7-9(8(2)14-3)5-4-6-10(7)11(12)13/h4-6,8H,1-3H3. The average molecular weight is 195 g/mol. The van der Waals surface area contributed by atoms with Crippen LogP contribution in [0.3, 0.4) is 0 Å². The SMILES string of the molecule is COC(C)c1cccc([N+](=O)[O-])c1C. The molecule has 76 valence electrons. The van der Waals surface area contributed by atoms with E-state index in [1.807, 2.05) is 13.0 Å². The third kappa shape index (κ3) is 1.90. The molecular weight excluding hydrogens is 182 g/mol. The van der Waals surface area contributed by atoms with Crippen LogP contribution in [-0.4, -0.2) is 12.0 Å². The molecule has 0 aliphatic rings. The topological polar surface area (TPSA) is 52.4 Å². The molecule has 0 radical (unpaired) electrons. The van der Waals surface area contributed by atoms with Crippen molar-refractivity contribution in [2.24, 2.45) is 0 Å². The molecule has 1 aromatic rings. The maximum atomic E-state index is 10.6. The van der Waals surface area contributed by atoms with Crippen LogP contribution in [0, 0.1) is 17.0 Å². The predicted octanol–water partition coefficient (Wildman–Crippen LogP) is 2.61. The van der Waals surface area contributed by atoms with Crippen molar-refractivity contribution < 1.29 is 9.66 Å². The first-order chi connectivity index (χ1) is 6.57. The van der Waals surface area contributed by atoms with Crippen molar-refractivity contribution >= 4 is 5.69 Å². The molecular formula is C10H13NO3. The van der Waals surface area contributed by atoms with Crippen molar-refractivity contribution in [3.05, 3.63) is 39.4 Å². The Morgan fingerprint density at radius 2 is 2.14 bits per heavy atom. The van der Waals surface area contributed by atoms with Crippen LogP contribution in [0.4, 0.5) is 5.69 Å². The second kappa shape index (κ2) is 4.19. The first kappa shape index (κ1) is 10.7. The van der Waals surface area contributed by atoms with Gasteiger partial charge in [0.1, 0.15) is 0 Å². The first-order valence-corrected chi connectivity index (χ1v) is 4.34. The van der Waals surface area contributed by atoms with E-state index in [1.54, 1.807) is 20.1 Å². The van der Waals surface area contributed by atoms with E-state index < -0.39 is 0 Å². The van der Waals surface area contributed by atoms with Crippen molar-refractivity contribution in [1.29, 1.82) is 0 Å². The molecule has 0 bridgehead atoms. The average Bonchev–Trinajstić information content (AvgIpc) is 2.16. The second-order valence-corrected chi connectivity index (χ2v) is 3.13. The summed E-state index contributed by atoms with van der Waals surface area (Å²) >= 11 is 0. The van der Waals surface area contributed by atoms with Gasteiger partial charge in [-0.2, -0.15) is 0 Å². The molecule has 1 atom stereocenters. The van der Waals surface area contributed by atoms with Gasteiger partial charge >= 0.3 is 0 Å². The number of rotatable bonds is 3. The van der Waals surface area contributed by atoms with Gasteiger partial charge in [-0.05, 0) is 19.4 Å². The summed E-state index contributed by atoms with van der Waals surface area (Å²) in [6.07, 6.45) is -0.116. The summed E-state index contributed by atoms with van der Waals surface area (Å²) < 4.78 is 5.13. The van der Waals surface area contributed by atoms with E-state index in [0.717, 1.165) is 5.56 Å². The van der Waals surface area contributed by atoms with Crippen molar-refractivity contribution in [2.45, 2.75) is 20.0 Å². The van der Waals surface area contributed by atoms with Gasteiger partial charge < -0.3 is 4.74 Å². The van der Waals surface area contributed by atoms with Gasteiger partial charge in [0.05, 0.1) is 11.0 Å². The highest BCUT2D eigenvalue weighted by molar-refractivity contribution is 5.45. The molecule has 4 nitrogen and oxygen atoms in total. The van der Waals surface area contributed by atoms with Gasteiger partial charge in [-0.3, -0.25) is 10.1 Å². The molecule has 0 spiro atoms. The maximum Gasteiger partial charge on any atom is 0.272 e. The maximum absolute atomic E-state index is 10.6. The van der Waals surface area contributed by atoms with E-state index in [-0.39, 0.29) is 16.7 Å². The number of benzene rings is 1. The number of methoxy groups -OCH3 is 1. The molecule has 0 amide bonds. The molecule has 0 aliphatic carbocycles. The van der Waals surface area contributed by atoms with Gasteiger partial charge in [-0.15, -0.1) is 0 Å². The fourth-order valence-corrected chi connectivity index (χ4v) is 1.41. The normalized spacial score (nSPS) is 12.5. The van der Waals surface area contributed by atoms with Gasteiger partial charge in [0.15, 0.2) is 0 Å². The van der Waals surface area contributed by atoms with Crippen LogP contribution in [0.25, 0.3) is 0 Å². The van der Waals surface area contributed by atoms with Gasteiger partial charge in [0, 0.05) is 18.7 Å². The molecule has 1 unspecified atom stereocenters. The lowest BCUT2D eigenvalue weighted by atomic mass is 10.0. The Hall–Kier alpha value is -1.42. The smallest absolute Gasteiger partial charge is 0.272 e. The lowest BCUT2D eigenvalue weighted by molar-refractivity contribution is -0.385. The van der Waals surface area contributed by atoms with Gasteiger partial charge in [0.2, 0.25) is 0 Å². The lowest BCUT2D eigenvalue weighted by Crippen LogP contribution is -2.01. The Balaban J connectivity index is 3.20. The van der Waals surface area contributed by atoms with E-state index in [1.165, 1.54) is 6.07 Å². The minimum Gasteiger partial charge on any atom is -0.377 e. The summed E-state index contributed by atoms with van der Waals surface area (Å²) in [5.74, 6) is 0. The zero-order valence-corrected chi connectivity index (χ0v) is 8.48. The van der Waals surface area contributed by atoms with Gasteiger partial charge in [0.25, 0.3) is 5.69 Å². The van der Waals surface area contributed by atoms with Crippen LogP contribution in [0.1, 0.15) is 24.2 Å². The van der Waals surface area contributed by atoms with Crippen LogP contribution in [0.2, 0.25) is 0 Å². The van der Waals surface area contributed by atoms with Crippen LogP contribution < -0.4 is 0 Å². The summed E-state index contributed by atoms with van der Waals surface area (Å²) in [7, 11) is 1.59. The summed E-state index contributed by atoms with van der Waals surface area (Å²) in [6.45, 7) is 3.61. The first-order valence-electron chi connectivity index (χ1n) is 4.34. The van der Waals surface area contributed by atoms with E-state index in [0.29, 0.717) is 5.56 Å². The van der Waals surface area contributed by atoms with Gasteiger partial charge in [-0.25, -0.2) is 0 Å². The number of hydrogen-bond acceptors (Lipinski definition) is 3. The quantitative estimate of drug-likeness (QED) is 0.550. The highest BCUT2D eigenvalue weighted by Crippen LogP contribution is 2.26. The monoisotopic (exact) mass is 195 g/mol. The van der Waals surface area contributed by atoms with Gasteiger partial charge in [-0.1, -0.05) is 12.1 Å². The summed E-state index contributed by atoms with van der Waals surface area (Å²) in [4.78, 5) is 10.3. The number of ether oxygens (including phenoxy) is 1. The number of nitrogens with zero attached hydrogens (tertiary/aromatic N) is 1. The molecule has 1 aromatic carbocycles. The van der Waals surface area contributed by atoms with E-state index in [2.05, 4.69) is 0 Å². The highest BCUT2D eigenvalue weighted by atomic mass is 16.6. The Morgan fingerprint density at radius 3 is 2.64 bits per heavy atom.